The lowest BCUT2D eigenvalue weighted by Gasteiger charge is -2.30. The predicted octanol–water partition coefficient (Wildman–Crippen LogP) is 6.07. The molecule has 4 aromatic rings. The number of nitrogens with zero attached hydrogens (tertiary/aromatic N) is 2. The Balaban J connectivity index is 1.58. The molecule has 0 bridgehead atoms. The van der Waals surface area contributed by atoms with Gasteiger partial charge in [-0.05, 0) is 53.1 Å². The zero-order chi connectivity index (χ0) is 23.5. The monoisotopic (exact) mass is 450 g/mol. The average Bonchev–Trinajstić information content (AvgIpc) is 2.92. The van der Waals surface area contributed by atoms with Crippen LogP contribution in [0.2, 0.25) is 0 Å². The molecule has 5 heteroatoms. The molecule has 1 aliphatic carbocycles. The number of aromatic nitrogens is 2. The van der Waals surface area contributed by atoms with E-state index in [4.69, 9.17) is 14.2 Å². The fourth-order valence-electron chi connectivity index (χ4n) is 4.46. The zero-order valence-corrected chi connectivity index (χ0v) is 19.4. The summed E-state index contributed by atoms with van der Waals surface area (Å²) in [7, 11) is 4.99. The minimum absolute atomic E-state index is 0.194. The molecule has 0 aliphatic heterocycles. The highest BCUT2D eigenvalue weighted by Gasteiger charge is 2.33. The number of methoxy groups -OCH3 is 3. The van der Waals surface area contributed by atoms with E-state index >= 15 is 0 Å². The third-order valence-electron chi connectivity index (χ3n) is 6.35. The first-order valence-electron chi connectivity index (χ1n) is 11.1. The van der Waals surface area contributed by atoms with E-state index in [-0.39, 0.29) is 5.92 Å². The SMILES string of the molecule is COc1ccc(-c2ccc3ncnc(C4(OC)C=CC(c5ccccc5)C=C4)c3c2)cc1OC. The van der Waals surface area contributed by atoms with Gasteiger partial charge in [0.1, 0.15) is 11.9 Å². The fourth-order valence-corrected chi connectivity index (χ4v) is 4.46. The van der Waals surface area contributed by atoms with Gasteiger partial charge in [0, 0.05) is 18.4 Å². The molecule has 1 aliphatic rings. The van der Waals surface area contributed by atoms with Gasteiger partial charge in [-0.25, -0.2) is 9.97 Å². The summed E-state index contributed by atoms with van der Waals surface area (Å²) in [6.07, 6.45) is 10.1. The Bertz CT molecular complexity index is 1370. The summed E-state index contributed by atoms with van der Waals surface area (Å²) in [5.74, 6) is 1.57. The molecule has 1 heterocycles. The summed E-state index contributed by atoms with van der Waals surface area (Å²) >= 11 is 0. The largest absolute Gasteiger partial charge is 0.493 e. The van der Waals surface area contributed by atoms with E-state index in [9.17, 15) is 0 Å². The molecule has 170 valence electrons. The lowest BCUT2D eigenvalue weighted by atomic mass is 9.85. The van der Waals surface area contributed by atoms with Gasteiger partial charge in [0.25, 0.3) is 0 Å². The van der Waals surface area contributed by atoms with Crippen molar-refractivity contribution in [3.05, 3.63) is 109 Å². The molecule has 0 saturated carbocycles. The molecule has 0 spiro atoms. The molecule has 0 unspecified atom stereocenters. The Kier molecular flexibility index (Phi) is 5.86. The van der Waals surface area contributed by atoms with Crippen molar-refractivity contribution in [1.82, 2.24) is 9.97 Å². The van der Waals surface area contributed by atoms with Crippen LogP contribution in [0.25, 0.3) is 22.0 Å². The van der Waals surface area contributed by atoms with Gasteiger partial charge >= 0.3 is 0 Å². The van der Waals surface area contributed by atoms with Crippen LogP contribution in [-0.4, -0.2) is 31.3 Å². The van der Waals surface area contributed by atoms with Gasteiger partial charge in [-0.2, -0.15) is 0 Å². The molecule has 0 radical (unpaired) electrons. The normalized spacial score (nSPS) is 19.3. The summed E-state index contributed by atoms with van der Waals surface area (Å²) < 4.78 is 17.0. The number of rotatable bonds is 6. The Morgan fingerprint density at radius 2 is 1.44 bits per heavy atom. The Hall–Kier alpha value is -3.96. The van der Waals surface area contributed by atoms with Gasteiger partial charge in [-0.1, -0.05) is 54.6 Å². The number of benzene rings is 3. The maximum Gasteiger partial charge on any atom is 0.161 e. The first-order chi connectivity index (χ1) is 16.7. The number of ether oxygens (including phenoxy) is 3. The first kappa shape index (κ1) is 21.9. The Morgan fingerprint density at radius 1 is 0.735 bits per heavy atom. The quantitative estimate of drug-likeness (QED) is 0.334. The highest BCUT2D eigenvalue weighted by atomic mass is 16.5. The van der Waals surface area contributed by atoms with E-state index in [2.05, 4.69) is 70.7 Å². The highest BCUT2D eigenvalue weighted by molar-refractivity contribution is 5.87. The summed E-state index contributed by atoms with van der Waals surface area (Å²) in [6, 6.07) is 22.5. The third kappa shape index (κ3) is 3.84. The lowest BCUT2D eigenvalue weighted by Crippen LogP contribution is -2.27. The molecule has 0 saturated heterocycles. The molecule has 0 amide bonds. The van der Waals surface area contributed by atoms with Crippen LogP contribution in [0.15, 0.2) is 97.4 Å². The van der Waals surface area contributed by atoms with Crippen LogP contribution in [0, 0.1) is 0 Å². The van der Waals surface area contributed by atoms with E-state index in [1.807, 2.05) is 30.3 Å². The van der Waals surface area contributed by atoms with Gasteiger partial charge in [-0.3, -0.25) is 0 Å². The average molecular weight is 451 g/mol. The minimum Gasteiger partial charge on any atom is -0.493 e. The topological polar surface area (TPSA) is 53.5 Å². The van der Waals surface area contributed by atoms with E-state index in [0.29, 0.717) is 11.5 Å². The van der Waals surface area contributed by atoms with Crippen molar-refractivity contribution in [1.29, 1.82) is 0 Å². The molecular formula is C29H26N2O3. The highest BCUT2D eigenvalue weighted by Crippen LogP contribution is 2.39. The number of hydrogen-bond donors (Lipinski definition) is 0. The van der Waals surface area contributed by atoms with Crippen molar-refractivity contribution in [3.8, 4) is 22.6 Å². The number of allylic oxidation sites excluding steroid dienone is 2. The second-order valence-electron chi connectivity index (χ2n) is 8.18. The van der Waals surface area contributed by atoms with Crippen molar-refractivity contribution >= 4 is 10.9 Å². The minimum atomic E-state index is -0.775. The smallest absolute Gasteiger partial charge is 0.161 e. The first-order valence-corrected chi connectivity index (χ1v) is 11.1. The number of hydrogen-bond acceptors (Lipinski definition) is 5. The Labute approximate surface area is 199 Å². The van der Waals surface area contributed by atoms with Crippen LogP contribution in [0.3, 0.4) is 0 Å². The second-order valence-corrected chi connectivity index (χ2v) is 8.18. The number of fused-ring (bicyclic) bond motifs is 1. The molecule has 5 rings (SSSR count). The fraction of sp³-hybridized carbons (Fsp3) is 0.172. The zero-order valence-electron chi connectivity index (χ0n) is 19.4. The van der Waals surface area contributed by atoms with E-state index < -0.39 is 5.60 Å². The summed E-state index contributed by atoms with van der Waals surface area (Å²) in [6.45, 7) is 0. The third-order valence-corrected chi connectivity index (χ3v) is 6.35. The van der Waals surface area contributed by atoms with Gasteiger partial charge < -0.3 is 14.2 Å². The Morgan fingerprint density at radius 3 is 2.15 bits per heavy atom. The van der Waals surface area contributed by atoms with Crippen LogP contribution in [-0.2, 0) is 10.3 Å². The summed E-state index contributed by atoms with van der Waals surface area (Å²) in [5.41, 5.74) is 4.17. The van der Waals surface area contributed by atoms with Gasteiger partial charge in [0.05, 0.1) is 25.4 Å². The van der Waals surface area contributed by atoms with Gasteiger partial charge in [0.15, 0.2) is 11.5 Å². The van der Waals surface area contributed by atoms with Crippen LogP contribution in [0.5, 0.6) is 11.5 Å². The van der Waals surface area contributed by atoms with Gasteiger partial charge in [0.2, 0.25) is 0 Å². The van der Waals surface area contributed by atoms with E-state index in [1.54, 1.807) is 27.7 Å². The van der Waals surface area contributed by atoms with Gasteiger partial charge in [-0.15, -0.1) is 0 Å². The predicted molar refractivity (Wildman–Crippen MR) is 134 cm³/mol. The molecular weight excluding hydrogens is 424 g/mol. The lowest BCUT2D eigenvalue weighted by molar-refractivity contribution is 0.0683. The van der Waals surface area contributed by atoms with Crippen LogP contribution >= 0.6 is 0 Å². The summed E-state index contributed by atoms with van der Waals surface area (Å²) in [4.78, 5) is 9.18. The molecule has 34 heavy (non-hydrogen) atoms. The molecule has 5 nitrogen and oxygen atoms in total. The maximum atomic E-state index is 6.07. The molecule has 1 aromatic heterocycles. The van der Waals surface area contributed by atoms with Crippen molar-refractivity contribution < 1.29 is 14.2 Å². The second kappa shape index (κ2) is 9.12. The van der Waals surface area contributed by atoms with Crippen molar-refractivity contribution in [3.63, 3.8) is 0 Å². The van der Waals surface area contributed by atoms with Crippen LogP contribution in [0.4, 0.5) is 0 Å². The maximum absolute atomic E-state index is 6.07. The molecule has 3 aromatic carbocycles. The van der Waals surface area contributed by atoms with E-state index in [0.717, 1.165) is 27.7 Å². The van der Waals surface area contributed by atoms with E-state index in [1.165, 1.54) is 5.56 Å². The molecule has 0 fully saturated rings. The van der Waals surface area contributed by atoms with Crippen LogP contribution in [0.1, 0.15) is 17.2 Å². The summed E-state index contributed by atoms with van der Waals surface area (Å²) in [5, 5.41) is 0.934. The standard InChI is InChI=1S/C29H26N2O3/c1-32-26-12-10-23(18-27(26)33-2)22-9-11-25-24(17-22)28(31-19-30-25)29(34-3)15-13-21(14-16-29)20-7-5-4-6-8-20/h4-19,21H,1-3H3. The molecule has 0 N–H and O–H groups in total. The molecule has 0 atom stereocenters. The van der Waals surface area contributed by atoms with Crippen molar-refractivity contribution in [2.24, 2.45) is 0 Å². The van der Waals surface area contributed by atoms with Crippen molar-refractivity contribution in [2.75, 3.05) is 21.3 Å². The van der Waals surface area contributed by atoms with Crippen LogP contribution < -0.4 is 9.47 Å². The van der Waals surface area contributed by atoms with Crippen molar-refractivity contribution in [2.45, 2.75) is 11.5 Å².